The Bertz CT molecular complexity index is 1200. The number of halogens is 2. The molecule has 0 aromatic heterocycles. The fraction of sp³-hybridized carbons (Fsp3) is 0.406. The van der Waals surface area contributed by atoms with Crippen LogP contribution >= 0.6 is 11.6 Å². The maximum absolute atomic E-state index is 13.3. The zero-order valence-corrected chi connectivity index (χ0v) is 22.2. The van der Waals surface area contributed by atoms with E-state index in [1.807, 2.05) is 36.4 Å². The van der Waals surface area contributed by atoms with Crippen LogP contribution in [-0.4, -0.2) is 35.2 Å². The Balaban J connectivity index is 1.12. The van der Waals surface area contributed by atoms with Gasteiger partial charge in [0.1, 0.15) is 5.82 Å². The molecule has 2 aliphatic rings. The van der Waals surface area contributed by atoms with Crippen molar-refractivity contribution in [3.8, 4) is 0 Å². The normalized spacial score (nSPS) is 17.4. The summed E-state index contributed by atoms with van der Waals surface area (Å²) in [4.78, 5) is 18.0. The van der Waals surface area contributed by atoms with Crippen LogP contribution in [0.25, 0.3) is 0 Å². The number of rotatable bonds is 8. The number of carbonyl (C=O) groups excluding carboxylic acids is 1. The van der Waals surface area contributed by atoms with Crippen molar-refractivity contribution in [1.82, 2.24) is 9.80 Å². The van der Waals surface area contributed by atoms with Crippen LogP contribution in [0.5, 0.6) is 0 Å². The second-order valence-corrected chi connectivity index (χ2v) is 11.1. The first-order valence-electron chi connectivity index (χ1n) is 13.6. The summed E-state index contributed by atoms with van der Waals surface area (Å²) in [5.41, 5.74) is 5.77. The summed E-state index contributed by atoms with van der Waals surface area (Å²) in [6.45, 7) is 5.66. The largest absolute Gasteiger partial charge is 0.299 e. The van der Waals surface area contributed by atoms with Crippen molar-refractivity contribution >= 4 is 17.4 Å². The van der Waals surface area contributed by atoms with Gasteiger partial charge in [0.2, 0.25) is 0 Å². The van der Waals surface area contributed by atoms with Gasteiger partial charge in [0.05, 0.1) is 0 Å². The zero-order valence-electron chi connectivity index (χ0n) is 21.5. The molecule has 194 valence electrons. The van der Waals surface area contributed by atoms with Crippen molar-refractivity contribution < 1.29 is 9.18 Å². The van der Waals surface area contributed by atoms with E-state index in [0.29, 0.717) is 12.3 Å². The molecule has 0 saturated carbocycles. The van der Waals surface area contributed by atoms with Gasteiger partial charge < -0.3 is 0 Å². The van der Waals surface area contributed by atoms with Crippen molar-refractivity contribution in [3.63, 3.8) is 0 Å². The molecule has 0 atom stereocenters. The minimum atomic E-state index is -0.198. The highest BCUT2D eigenvalue weighted by atomic mass is 35.5. The summed E-state index contributed by atoms with van der Waals surface area (Å²) < 4.78 is 13.3. The lowest BCUT2D eigenvalue weighted by molar-refractivity contribution is 0.0961. The summed E-state index contributed by atoms with van der Waals surface area (Å²) in [6, 6.07) is 21.2. The van der Waals surface area contributed by atoms with Crippen LogP contribution in [0.4, 0.5) is 4.39 Å². The number of nitrogens with zero attached hydrogens (tertiary/aromatic N) is 2. The molecular formula is C32H36ClFN2O. The second-order valence-electron chi connectivity index (χ2n) is 10.7. The molecule has 3 aromatic rings. The number of hydrogen-bond donors (Lipinski definition) is 0. The Morgan fingerprint density at radius 2 is 1.68 bits per heavy atom. The molecule has 2 heterocycles. The van der Waals surface area contributed by atoms with Crippen LogP contribution in [0.2, 0.25) is 5.02 Å². The third-order valence-electron chi connectivity index (χ3n) is 8.00. The van der Waals surface area contributed by atoms with Crippen LogP contribution in [-0.2, 0) is 26.1 Å². The van der Waals surface area contributed by atoms with Gasteiger partial charge in [-0.15, -0.1) is 0 Å². The minimum Gasteiger partial charge on any atom is -0.299 e. The molecule has 1 saturated heterocycles. The molecule has 0 unspecified atom stereocenters. The summed E-state index contributed by atoms with van der Waals surface area (Å²) in [7, 11) is 0. The molecule has 1 fully saturated rings. The number of benzene rings is 3. The maximum atomic E-state index is 13.3. The molecule has 2 aliphatic heterocycles. The number of aryl methyl sites for hydroxylation is 1. The molecule has 37 heavy (non-hydrogen) atoms. The van der Waals surface area contributed by atoms with E-state index >= 15 is 0 Å². The summed E-state index contributed by atoms with van der Waals surface area (Å²) in [5.74, 6) is 0.671. The van der Waals surface area contributed by atoms with Crippen molar-refractivity contribution in [2.45, 2.75) is 58.2 Å². The molecule has 5 rings (SSSR count). The zero-order chi connectivity index (χ0) is 25.6. The smallest absolute Gasteiger partial charge is 0.162 e. The minimum absolute atomic E-state index is 0.198. The first kappa shape index (κ1) is 26.1. The van der Waals surface area contributed by atoms with Crippen LogP contribution in [0, 0.1) is 11.7 Å². The van der Waals surface area contributed by atoms with Gasteiger partial charge in [0, 0.05) is 36.6 Å². The van der Waals surface area contributed by atoms with Crippen LogP contribution in [0.3, 0.4) is 0 Å². The third kappa shape index (κ3) is 7.07. The lowest BCUT2D eigenvalue weighted by Gasteiger charge is -2.32. The number of likely N-dealkylation sites (tertiary alicyclic amines) is 1. The SMILES string of the molecule is O=C(CCC1CCN(Cc2ccccc2Cl)CC1)c1ccc2c(c1)CN(Cc1ccc(F)cc1)CCC2. The van der Waals surface area contributed by atoms with Crippen LogP contribution in [0.1, 0.15) is 64.7 Å². The molecule has 3 aromatic carbocycles. The van der Waals surface area contributed by atoms with Crippen molar-refractivity contribution in [2.75, 3.05) is 19.6 Å². The summed E-state index contributed by atoms with van der Waals surface area (Å²) in [5, 5.41) is 0.842. The molecule has 0 aliphatic carbocycles. The number of Topliss-reactive ketones (excluding diaryl/α,β-unsaturated/α-hetero) is 1. The number of carbonyl (C=O) groups is 1. The van der Waals surface area contributed by atoms with E-state index in [4.69, 9.17) is 11.6 Å². The maximum Gasteiger partial charge on any atom is 0.162 e. The Kier molecular flexibility index (Phi) is 8.70. The van der Waals surface area contributed by atoms with Crippen molar-refractivity contribution in [2.24, 2.45) is 5.92 Å². The molecule has 0 amide bonds. The Morgan fingerprint density at radius 3 is 2.46 bits per heavy atom. The average Bonchev–Trinajstić information content (AvgIpc) is 3.12. The van der Waals surface area contributed by atoms with E-state index in [1.165, 1.54) is 28.8 Å². The first-order valence-corrected chi connectivity index (χ1v) is 14.0. The number of ketones is 1. The lowest BCUT2D eigenvalue weighted by Crippen LogP contribution is -2.33. The Morgan fingerprint density at radius 1 is 0.892 bits per heavy atom. The highest BCUT2D eigenvalue weighted by Crippen LogP contribution is 2.27. The number of piperidine rings is 1. The second kappa shape index (κ2) is 12.3. The van der Waals surface area contributed by atoms with Gasteiger partial charge in [-0.25, -0.2) is 4.39 Å². The molecule has 3 nitrogen and oxygen atoms in total. The predicted octanol–water partition coefficient (Wildman–Crippen LogP) is 7.30. The van der Waals surface area contributed by atoms with E-state index in [2.05, 4.69) is 28.0 Å². The first-order chi connectivity index (χ1) is 18.0. The average molecular weight is 519 g/mol. The number of hydrogen-bond acceptors (Lipinski definition) is 3. The van der Waals surface area contributed by atoms with Gasteiger partial charge in [0.25, 0.3) is 0 Å². The molecule has 0 spiro atoms. The molecule has 5 heteroatoms. The fourth-order valence-electron chi connectivity index (χ4n) is 5.77. The lowest BCUT2D eigenvalue weighted by atomic mass is 9.89. The number of fused-ring (bicyclic) bond motifs is 1. The van der Waals surface area contributed by atoms with E-state index < -0.39 is 0 Å². The summed E-state index contributed by atoms with van der Waals surface area (Å²) >= 11 is 6.34. The van der Waals surface area contributed by atoms with Gasteiger partial charge >= 0.3 is 0 Å². The van der Waals surface area contributed by atoms with E-state index in [1.54, 1.807) is 0 Å². The topological polar surface area (TPSA) is 23.6 Å². The molecular weight excluding hydrogens is 483 g/mol. The van der Waals surface area contributed by atoms with Gasteiger partial charge in [-0.2, -0.15) is 0 Å². The highest BCUT2D eigenvalue weighted by Gasteiger charge is 2.22. The Labute approximate surface area is 225 Å². The standard InChI is InChI=1S/C32H36ClFN2O/c33-31-6-2-1-4-28(31)22-35-18-15-24(16-19-35)9-14-32(37)27-11-10-26-5-3-17-36(23-29(26)20-27)21-25-7-12-30(34)13-8-25/h1-2,4,6-8,10-13,20,24H,3,5,9,14-19,21-23H2. The van der Waals surface area contributed by atoms with Crippen LogP contribution in [0.15, 0.2) is 66.7 Å². The van der Waals surface area contributed by atoms with E-state index in [0.717, 1.165) is 87.5 Å². The van der Waals surface area contributed by atoms with Gasteiger partial charge in [0.15, 0.2) is 5.78 Å². The van der Waals surface area contributed by atoms with Gasteiger partial charge in [-0.05, 0) is 104 Å². The molecule has 0 radical (unpaired) electrons. The van der Waals surface area contributed by atoms with Crippen molar-refractivity contribution in [1.29, 1.82) is 0 Å². The molecule has 0 N–H and O–H groups in total. The summed E-state index contributed by atoms with van der Waals surface area (Å²) in [6.07, 6.45) is 5.99. The van der Waals surface area contributed by atoms with Gasteiger partial charge in [-0.1, -0.05) is 54.1 Å². The fourth-order valence-corrected chi connectivity index (χ4v) is 5.96. The van der Waals surface area contributed by atoms with E-state index in [9.17, 15) is 9.18 Å². The van der Waals surface area contributed by atoms with E-state index in [-0.39, 0.29) is 11.6 Å². The monoisotopic (exact) mass is 518 g/mol. The van der Waals surface area contributed by atoms with Crippen molar-refractivity contribution in [3.05, 3.63) is 105 Å². The predicted molar refractivity (Wildman–Crippen MR) is 148 cm³/mol. The Hall–Kier alpha value is -2.53. The van der Waals surface area contributed by atoms with Gasteiger partial charge in [-0.3, -0.25) is 14.6 Å². The highest BCUT2D eigenvalue weighted by molar-refractivity contribution is 6.31. The third-order valence-corrected chi connectivity index (χ3v) is 8.37. The quantitative estimate of drug-likeness (QED) is 0.292. The van der Waals surface area contributed by atoms with Crippen LogP contribution < -0.4 is 0 Å². The molecule has 0 bridgehead atoms.